The molecule has 0 spiro atoms. The van der Waals surface area contributed by atoms with Gasteiger partial charge in [0.2, 0.25) is 5.91 Å². The number of aromatic hydroxyl groups is 1. The number of rotatable bonds is 4. The Morgan fingerprint density at radius 3 is 2.66 bits per heavy atom. The predicted octanol–water partition coefficient (Wildman–Crippen LogP) is 4.95. The number of halogens is 2. The molecule has 1 aromatic heterocycles. The zero-order chi connectivity index (χ0) is 23.3. The number of carbonyl (C=O) groups excluding carboxylic acids is 1. The third-order valence-corrected chi connectivity index (χ3v) is 5.25. The van der Waals surface area contributed by atoms with E-state index in [4.69, 9.17) is 21.5 Å². The van der Waals surface area contributed by atoms with Crippen molar-refractivity contribution in [3.63, 3.8) is 0 Å². The standard InChI is InChI=1S/C16H12BrFN2.C8H6N2O2/c17-13-5-4-12(15(18)8-13)10-20-7-6-14-11(9-19)2-1-3-16(14)20;9-4-6-3-5(8(10)12)1-2-7(6)11/h1-9,19H,10H2;1-3,11H,(H2,10,12). The number of fused-ring (bicyclic) bond motifs is 1. The number of amides is 1. The summed E-state index contributed by atoms with van der Waals surface area (Å²) in [5.41, 5.74) is 7.74. The predicted molar refractivity (Wildman–Crippen MR) is 124 cm³/mol. The van der Waals surface area contributed by atoms with Crippen LogP contribution >= 0.6 is 15.9 Å². The molecular formula is C24H18BrFN4O2. The van der Waals surface area contributed by atoms with E-state index in [0.717, 1.165) is 20.9 Å². The van der Waals surface area contributed by atoms with E-state index in [1.54, 1.807) is 12.1 Å². The van der Waals surface area contributed by atoms with E-state index < -0.39 is 5.91 Å². The summed E-state index contributed by atoms with van der Waals surface area (Å²) in [5.74, 6) is -0.988. The summed E-state index contributed by atoms with van der Waals surface area (Å²) >= 11 is 3.26. The molecule has 0 saturated heterocycles. The van der Waals surface area contributed by atoms with Crippen molar-refractivity contribution in [2.75, 3.05) is 0 Å². The van der Waals surface area contributed by atoms with Crippen LogP contribution in [0.2, 0.25) is 0 Å². The fourth-order valence-electron chi connectivity index (χ4n) is 3.12. The Balaban J connectivity index is 0.000000207. The number of hydrogen-bond acceptors (Lipinski definition) is 4. The van der Waals surface area contributed by atoms with Crippen LogP contribution < -0.4 is 5.73 Å². The summed E-state index contributed by atoms with van der Waals surface area (Å²) in [4.78, 5) is 10.6. The molecule has 32 heavy (non-hydrogen) atoms. The largest absolute Gasteiger partial charge is 0.507 e. The van der Waals surface area contributed by atoms with Crippen molar-refractivity contribution in [3.8, 4) is 11.8 Å². The smallest absolute Gasteiger partial charge is 0.248 e. The highest BCUT2D eigenvalue weighted by molar-refractivity contribution is 9.10. The molecule has 4 rings (SSSR count). The van der Waals surface area contributed by atoms with Gasteiger partial charge < -0.3 is 20.8 Å². The van der Waals surface area contributed by atoms with Gasteiger partial charge in [-0.2, -0.15) is 5.26 Å². The first-order chi connectivity index (χ1) is 15.3. The van der Waals surface area contributed by atoms with E-state index in [1.807, 2.05) is 41.1 Å². The number of nitriles is 1. The molecule has 1 amide bonds. The summed E-state index contributed by atoms with van der Waals surface area (Å²) in [6, 6.07) is 18.5. The van der Waals surface area contributed by atoms with Crippen LogP contribution in [-0.4, -0.2) is 21.8 Å². The number of nitrogens with one attached hydrogen (secondary N) is 1. The van der Waals surface area contributed by atoms with Crippen LogP contribution in [0.4, 0.5) is 4.39 Å². The van der Waals surface area contributed by atoms with Crippen LogP contribution in [0.3, 0.4) is 0 Å². The molecule has 3 aromatic carbocycles. The SMILES string of the molecule is N#Cc1cc(C(N)=O)ccc1O.N=Cc1cccc2c1ccn2Cc1ccc(Br)cc1F. The summed E-state index contributed by atoms with van der Waals surface area (Å²) in [6.45, 7) is 0.476. The highest BCUT2D eigenvalue weighted by Gasteiger charge is 2.08. The molecule has 0 saturated carbocycles. The summed E-state index contributed by atoms with van der Waals surface area (Å²) < 4.78 is 16.6. The number of phenolic OH excluding ortho intramolecular Hbond substituents is 1. The molecule has 160 valence electrons. The van der Waals surface area contributed by atoms with Crippen molar-refractivity contribution in [2.45, 2.75) is 6.54 Å². The molecule has 0 radical (unpaired) electrons. The minimum atomic E-state index is -0.619. The topological polar surface area (TPSA) is 116 Å². The summed E-state index contributed by atoms with van der Waals surface area (Å²) in [6.07, 6.45) is 3.27. The number of hydrogen-bond donors (Lipinski definition) is 3. The number of nitrogens with zero attached hydrogens (tertiary/aromatic N) is 2. The van der Waals surface area contributed by atoms with E-state index in [0.29, 0.717) is 12.1 Å². The zero-order valence-electron chi connectivity index (χ0n) is 16.7. The van der Waals surface area contributed by atoms with Crippen molar-refractivity contribution in [3.05, 3.63) is 99.4 Å². The molecule has 0 aliphatic heterocycles. The van der Waals surface area contributed by atoms with Gasteiger partial charge in [0.05, 0.1) is 12.1 Å². The number of primary amides is 1. The number of nitrogens with two attached hydrogens (primary N) is 1. The van der Waals surface area contributed by atoms with Gasteiger partial charge in [-0.1, -0.05) is 34.1 Å². The Bertz CT molecular complexity index is 1360. The highest BCUT2D eigenvalue weighted by Crippen LogP contribution is 2.22. The van der Waals surface area contributed by atoms with Gasteiger partial charge in [-0.05, 0) is 42.5 Å². The second-order valence-corrected chi connectivity index (χ2v) is 7.73. The van der Waals surface area contributed by atoms with Crippen molar-refractivity contribution in [1.82, 2.24) is 4.57 Å². The van der Waals surface area contributed by atoms with Crippen LogP contribution in [0.15, 0.2) is 71.3 Å². The molecule has 0 atom stereocenters. The van der Waals surface area contributed by atoms with Gasteiger partial charge in [0.25, 0.3) is 0 Å². The molecule has 1 heterocycles. The lowest BCUT2D eigenvalue weighted by molar-refractivity contribution is 0.1000. The Hall–Kier alpha value is -3.96. The first-order valence-electron chi connectivity index (χ1n) is 9.39. The maximum atomic E-state index is 13.9. The van der Waals surface area contributed by atoms with Crippen LogP contribution in [0.5, 0.6) is 5.75 Å². The lowest BCUT2D eigenvalue weighted by Crippen LogP contribution is -2.10. The average molecular weight is 493 g/mol. The van der Waals surface area contributed by atoms with E-state index >= 15 is 0 Å². The van der Waals surface area contributed by atoms with Gasteiger partial charge in [-0.15, -0.1) is 0 Å². The molecule has 8 heteroatoms. The third-order valence-electron chi connectivity index (χ3n) is 4.76. The quantitative estimate of drug-likeness (QED) is 0.349. The Morgan fingerprint density at radius 2 is 2.00 bits per heavy atom. The minimum Gasteiger partial charge on any atom is -0.507 e. The van der Waals surface area contributed by atoms with Gasteiger partial charge in [-0.3, -0.25) is 4.79 Å². The van der Waals surface area contributed by atoms with E-state index in [-0.39, 0.29) is 22.7 Å². The number of benzene rings is 3. The van der Waals surface area contributed by atoms with Gasteiger partial charge in [0, 0.05) is 44.5 Å². The first kappa shape index (κ1) is 22.7. The van der Waals surface area contributed by atoms with Gasteiger partial charge >= 0.3 is 0 Å². The normalized spacial score (nSPS) is 10.2. The second-order valence-electron chi connectivity index (χ2n) is 6.81. The van der Waals surface area contributed by atoms with Crippen molar-refractivity contribution in [1.29, 1.82) is 10.7 Å². The van der Waals surface area contributed by atoms with Crippen LogP contribution in [0.1, 0.15) is 27.0 Å². The lowest BCUT2D eigenvalue weighted by atomic mass is 10.1. The van der Waals surface area contributed by atoms with Crippen molar-refractivity contribution >= 4 is 39.0 Å². The maximum Gasteiger partial charge on any atom is 0.248 e. The van der Waals surface area contributed by atoms with E-state index in [1.165, 1.54) is 30.5 Å². The molecule has 0 fully saturated rings. The zero-order valence-corrected chi connectivity index (χ0v) is 18.3. The van der Waals surface area contributed by atoms with E-state index in [9.17, 15) is 9.18 Å². The second kappa shape index (κ2) is 9.90. The molecule has 0 bridgehead atoms. The molecule has 6 nitrogen and oxygen atoms in total. The van der Waals surface area contributed by atoms with Crippen LogP contribution in [-0.2, 0) is 6.54 Å². The van der Waals surface area contributed by atoms with Crippen LogP contribution in [0.25, 0.3) is 10.9 Å². The highest BCUT2D eigenvalue weighted by atomic mass is 79.9. The van der Waals surface area contributed by atoms with E-state index in [2.05, 4.69) is 15.9 Å². The van der Waals surface area contributed by atoms with Gasteiger partial charge in [0.15, 0.2) is 0 Å². The lowest BCUT2D eigenvalue weighted by Gasteiger charge is -2.07. The Kier molecular flexibility index (Phi) is 7.03. The summed E-state index contributed by atoms with van der Waals surface area (Å²) in [5, 5.41) is 25.9. The van der Waals surface area contributed by atoms with Crippen molar-refractivity contribution < 1.29 is 14.3 Å². The molecular weight excluding hydrogens is 475 g/mol. The summed E-state index contributed by atoms with van der Waals surface area (Å²) in [7, 11) is 0. The van der Waals surface area contributed by atoms with Crippen molar-refractivity contribution in [2.24, 2.45) is 5.73 Å². The molecule has 0 aliphatic carbocycles. The monoisotopic (exact) mass is 492 g/mol. The Labute approximate surface area is 192 Å². The maximum absolute atomic E-state index is 13.9. The molecule has 4 aromatic rings. The average Bonchev–Trinajstić information content (AvgIpc) is 3.19. The van der Waals surface area contributed by atoms with Gasteiger partial charge in [-0.25, -0.2) is 4.39 Å². The minimum absolute atomic E-state index is 0.0475. The van der Waals surface area contributed by atoms with Gasteiger partial charge in [0.1, 0.15) is 17.6 Å². The first-order valence-corrected chi connectivity index (χ1v) is 10.2. The fourth-order valence-corrected chi connectivity index (χ4v) is 3.46. The number of phenols is 1. The fraction of sp³-hybridized carbons (Fsp3) is 0.0417. The third kappa shape index (κ3) is 5.02. The molecule has 0 unspecified atom stereocenters. The number of carbonyl (C=O) groups is 1. The van der Waals surface area contributed by atoms with Crippen LogP contribution in [0, 0.1) is 22.6 Å². The number of aromatic nitrogens is 1. The molecule has 0 aliphatic rings. The Morgan fingerprint density at radius 1 is 1.22 bits per heavy atom. The molecule has 4 N–H and O–H groups in total.